The Balaban J connectivity index is 1.89. The first-order valence-corrected chi connectivity index (χ1v) is 14.2. The van der Waals surface area contributed by atoms with E-state index in [9.17, 15) is 13.2 Å². The highest BCUT2D eigenvalue weighted by molar-refractivity contribution is 9.10. The fourth-order valence-electron chi connectivity index (χ4n) is 3.97. The summed E-state index contributed by atoms with van der Waals surface area (Å²) in [5, 5.41) is 0. The van der Waals surface area contributed by atoms with E-state index in [-0.39, 0.29) is 4.90 Å². The van der Waals surface area contributed by atoms with E-state index in [1.54, 1.807) is 36.4 Å². The van der Waals surface area contributed by atoms with Crippen molar-refractivity contribution in [1.82, 2.24) is 4.72 Å². The van der Waals surface area contributed by atoms with Crippen LogP contribution < -0.4 is 4.72 Å². The first-order chi connectivity index (χ1) is 18.3. The Morgan fingerprint density at radius 1 is 0.816 bits per heavy atom. The molecule has 6 nitrogen and oxygen atoms in total. The van der Waals surface area contributed by atoms with Crippen LogP contribution in [0.15, 0.2) is 124 Å². The summed E-state index contributed by atoms with van der Waals surface area (Å²) in [5.74, 6) is -0.672. The Morgan fingerprint density at radius 3 is 1.84 bits per heavy atom. The van der Waals surface area contributed by atoms with Crippen molar-refractivity contribution in [3.05, 3.63) is 136 Å². The van der Waals surface area contributed by atoms with Crippen LogP contribution in [0.1, 0.15) is 28.3 Å². The molecule has 0 aliphatic rings. The average molecular weight is 592 g/mol. The van der Waals surface area contributed by atoms with Crippen LogP contribution in [0.25, 0.3) is 0 Å². The summed E-state index contributed by atoms with van der Waals surface area (Å²) in [6.45, 7) is 1.88. The van der Waals surface area contributed by atoms with Crippen molar-refractivity contribution < 1.29 is 17.9 Å². The van der Waals surface area contributed by atoms with Crippen LogP contribution in [-0.4, -0.2) is 33.3 Å². The molecule has 194 valence electrons. The van der Waals surface area contributed by atoms with Gasteiger partial charge in [-0.25, -0.2) is 17.9 Å². The van der Waals surface area contributed by atoms with Crippen molar-refractivity contribution in [2.75, 3.05) is 7.11 Å². The minimum absolute atomic E-state index is 0.0872. The largest absolute Gasteiger partial charge is 0.467 e. The lowest BCUT2D eigenvalue weighted by Gasteiger charge is -2.25. The van der Waals surface area contributed by atoms with Crippen LogP contribution in [0.4, 0.5) is 0 Å². The van der Waals surface area contributed by atoms with Crippen LogP contribution >= 0.6 is 15.9 Å². The highest BCUT2D eigenvalue weighted by atomic mass is 79.9. The topological polar surface area (TPSA) is 84.8 Å². The molecule has 38 heavy (non-hydrogen) atoms. The predicted octanol–water partition coefficient (Wildman–Crippen LogP) is 5.86. The van der Waals surface area contributed by atoms with Crippen molar-refractivity contribution in [1.29, 1.82) is 0 Å². The molecule has 2 atom stereocenters. The summed E-state index contributed by atoms with van der Waals surface area (Å²) >= 11 is 3.42. The number of nitrogens with zero attached hydrogens (tertiary/aromatic N) is 1. The monoisotopic (exact) mass is 590 g/mol. The molecule has 0 bridgehead atoms. The predicted molar refractivity (Wildman–Crippen MR) is 153 cm³/mol. The molecule has 0 aromatic heterocycles. The molecule has 1 N–H and O–H groups in total. The number of aryl methyl sites for hydroxylation is 1. The molecule has 0 spiro atoms. The van der Waals surface area contributed by atoms with Gasteiger partial charge in [0.2, 0.25) is 10.0 Å². The lowest BCUT2D eigenvalue weighted by molar-refractivity contribution is -0.142. The maximum Gasteiger partial charge on any atom is 0.332 e. The molecule has 0 amide bonds. The summed E-state index contributed by atoms with van der Waals surface area (Å²) in [4.78, 5) is 18.3. The number of methoxy groups -OCH3 is 1. The summed E-state index contributed by atoms with van der Waals surface area (Å²) in [7, 11) is -2.76. The van der Waals surface area contributed by atoms with Gasteiger partial charge in [0.1, 0.15) is 0 Å². The van der Waals surface area contributed by atoms with Gasteiger partial charge in [0.15, 0.2) is 6.04 Å². The molecule has 0 unspecified atom stereocenters. The zero-order chi connectivity index (χ0) is 27.1. The van der Waals surface area contributed by atoms with E-state index in [2.05, 4.69) is 20.7 Å². The number of hydrogen-bond acceptors (Lipinski definition) is 5. The highest BCUT2D eigenvalue weighted by Gasteiger charge is 2.35. The third-order valence-electron chi connectivity index (χ3n) is 5.96. The number of esters is 1. The number of hydrogen-bond donors (Lipinski definition) is 1. The van der Waals surface area contributed by atoms with E-state index >= 15 is 0 Å². The van der Waals surface area contributed by atoms with Gasteiger partial charge in [0, 0.05) is 15.6 Å². The maximum absolute atomic E-state index is 13.5. The lowest BCUT2D eigenvalue weighted by Crippen LogP contribution is -2.40. The Hall–Kier alpha value is -3.59. The molecule has 4 aromatic rings. The number of ether oxygens (including phenoxy) is 1. The molecule has 0 saturated heterocycles. The van der Waals surface area contributed by atoms with E-state index in [1.807, 2.05) is 67.6 Å². The van der Waals surface area contributed by atoms with Crippen molar-refractivity contribution in [2.24, 2.45) is 4.99 Å². The highest BCUT2D eigenvalue weighted by Crippen LogP contribution is 2.27. The minimum Gasteiger partial charge on any atom is -0.467 e. The molecule has 0 heterocycles. The standard InChI is InChI=1S/C30H27BrN2O4S/c1-21-13-19-26(20-14-21)38(35,36)33-28(24-15-17-25(31)18-16-24)29(30(34)37-2)32-27(22-9-5-3-6-10-22)23-11-7-4-8-12-23/h3-20,28-29,33H,1-2H3/t28-,29+/m1/s1. The van der Waals surface area contributed by atoms with E-state index in [0.717, 1.165) is 21.2 Å². The number of carbonyl (C=O) groups is 1. The molecule has 8 heteroatoms. The third kappa shape index (κ3) is 6.64. The maximum atomic E-state index is 13.5. The van der Waals surface area contributed by atoms with Crippen molar-refractivity contribution in [2.45, 2.75) is 23.9 Å². The Kier molecular flexibility index (Phi) is 8.89. The van der Waals surface area contributed by atoms with Crippen molar-refractivity contribution >= 4 is 37.6 Å². The fourth-order valence-corrected chi connectivity index (χ4v) is 5.46. The number of nitrogens with one attached hydrogen (secondary N) is 1. The number of carbonyl (C=O) groups excluding carboxylic acids is 1. The van der Waals surface area contributed by atoms with Crippen LogP contribution in [0.3, 0.4) is 0 Å². The Morgan fingerprint density at radius 2 is 1.34 bits per heavy atom. The van der Waals surface area contributed by atoms with Crippen LogP contribution in [-0.2, 0) is 19.6 Å². The first kappa shape index (κ1) is 27.4. The van der Waals surface area contributed by atoms with E-state index < -0.39 is 28.1 Å². The molecule has 0 aliphatic carbocycles. The van der Waals surface area contributed by atoms with Gasteiger partial charge in [-0.05, 0) is 36.8 Å². The van der Waals surface area contributed by atoms with Crippen molar-refractivity contribution in [3.63, 3.8) is 0 Å². The van der Waals surface area contributed by atoms with Gasteiger partial charge < -0.3 is 4.74 Å². The van der Waals surface area contributed by atoms with E-state index in [0.29, 0.717) is 11.3 Å². The quantitative estimate of drug-likeness (QED) is 0.195. The molecule has 0 aliphatic heterocycles. The zero-order valence-corrected chi connectivity index (χ0v) is 23.3. The second-order valence-corrected chi connectivity index (χ2v) is 11.3. The molecule has 0 saturated carbocycles. The second-order valence-electron chi connectivity index (χ2n) is 8.64. The Labute approximate surface area is 231 Å². The van der Waals surface area contributed by atoms with Gasteiger partial charge >= 0.3 is 5.97 Å². The third-order valence-corrected chi connectivity index (χ3v) is 7.95. The smallest absolute Gasteiger partial charge is 0.332 e. The van der Waals surface area contributed by atoms with Gasteiger partial charge in [-0.15, -0.1) is 0 Å². The average Bonchev–Trinajstić information content (AvgIpc) is 2.94. The number of rotatable bonds is 9. The number of halogens is 1. The van der Waals surface area contributed by atoms with Gasteiger partial charge in [0.05, 0.1) is 23.8 Å². The van der Waals surface area contributed by atoms with Crippen LogP contribution in [0.5, 0.6) is 0 Å². The zero-order valence-electron chi connectivity index (χ0n) is 20.9. The van der Waals surface area contributed by atoms with Gasteiger partial charge in [0.25, 0.3) is 0 Å². The Bertz CT molecular complexity index is 1470. The van der Waals surface area contributed by atoms with Crippen molar-refractivity contribution in [3.8, 4) is 0 Å². The molecule has 0 radical (unpaired) electrons. The van der Waals surface area contributed by atoms with Gasteiger partial charge in [-0.2, -0.15) is 0 Å². The molecule has 4 aromatic carbocycles. The number of benzene rings is 4. The minimum atomic E-state index is -4.03. The second kappa shape index (κ2) is 12.3. The number of sulfonamides is 1. The van der Waals surface area contributed by atoms with Gasteiger partial charge in [-0.1, -0.05) is 106 Å². The summed E-state index contributed by atoms with van der Waals surface area (Å²) < 4.78 is 35.7. The van der Waals surface area contributed by atoms with E-state index in [1.165, 1.54) is 19.2 Å². The fraction of sp³-hybridized carbons (Fsp3) is 0.133. The number of aliphatic imine (C=N–C) groups is 1. The summed E-state index contributed by atoms with van der Waals surface area (Å²) in [6.07, 6.45) is 0. The first-order valence-electron chi connectivity index (χ1n) is 11.9. The SMILES string of the molecule is COC(=O)[C@@H](N=C(c1ccccc1)c1ccccc1)[C@H](NS(=O)(=O)c1ccc(C)cc1)c1ccc(Br)cc1. The molecule has 4 rings (SSSR count). The molecule has 0 fully saturated rings. The van der Waals surface area contributed by atoms with Gasteiger partial charge in [-0.3, -0.25) is 4.99 Å². The van der Waals surface area contributed by atoms with Crippen LogP contribution in [0.2, 0.25) is 0 Å². The normalized spacial score (nSPS) is 12.8. The molecular weight excluding hydrogens is 564 g/mol. The lowest BCUT2D eigenvalue weighted by atomic mass is 9.98. The summed E-state index contributed by atoms with van der Waals surface area (Å²) in [6, 6.07) is 30.2. The molecular formula is C30H27BrN2O4S. The van der Waals surface area contributed by atoms with E-state index in [4.69, 9.17) is 9.73 Å². The summed E-state index contributed by atoms with van der Waals surface area (Å²) in [5.41, 5.74) is 3.59. The van der Waals surface area contributed by atoms with Crippen LogP contribution in [0, 0.1) is 6.92 Å².